The van der Waals surface area contributed by atoms with Crippen molar-refractivity contribution in [1.29, 1.82) is 0 Å². The zero-order chi connectivity index (χ0) is 17.3. The molecule has 3 fully saturated rings. The summed E-state index contributed by atoms with van der Waals surface area (Å²) in [7, 11) is 2.02. The molecule has 0 aromatic heterocycles. The molecule has 3 atom stereocenters. The topological polar surface area (TPSA) is 53.1 Å². The van der Waals surface area contributed by atoms with Crippen molar-refractivity contribution < 1.29 is 14.3 Å². The summed E-state index contributed by atoms with van der Waals surface area (Å²) >= 11 is 0. The molecule has 0 aromatic rings. The number of hydrogen-bond donors (Lipinski definition) is 0. The first kappa shape index (κ1) is 17.4. The molecule has 3 aliphatic heterocycles. The number of hydrogen-bond acceptors (Lipinski definition) is 4. The minimum absolute atomic E-state index is 0.0308. The van der Waals surface area contributed by atoms with E-state index in [0.717, 1.165) is 31.4 Å². The molecule has 0 unspecified atom stereocenters. The van der Waals surface area contributed by atoms with Crippen molar-refractivity contribution in [3.05, 3.63) is 12.2 Å². The van der Waals surface area contributed by atoms with E-state index >= 15 is 0 Å². The van der Waals surface area contributed by atoms with E-state index in [1.165, 1.54) is 0 Å². The molecule has 2 amide bonds. The molecule has 0 saturated carbocycles. The number of piperazine rings is 1. The Morgan fingerprint density at radius 1 is 1.00 bits per heavy atom. The predicted molar refractivity (Wildman–Crippen MR) is 91.5 cm³/mol. The summed E-state index contributed by atoms with van der Waals surface area (Å²) in [5.41, 5.74) is 0.920. The average Bonchev–Trinajstić information content (AvgIpc) is 3.22. The van der Waals surface area contributed by atoms with Gasteiger partial charge in [0.25, 0.3) is 0 Å². The highest BCUT2D eigenvalue weighted by Crippen LogP contribution is 2.28. The van der Waals surface area contributed by atoms with E-state index in [-0.39, 0.29) is 29.9 Å². The van der Waals surface area contributed by atoms with Gasteiger partial charge in [0, 0.05) is 32.8 Å². The molecule has 134 valence electrons. The van der Waals surface area contributed by atoms with Crippen LogP contribution in [0.1, 0.15) is 26.2 Å². The van der Waals surface area contributed by atoms with E-state index < -0.39 is 0 Å². The SMILES string of the molecule is C=C(C)[C@H]1OCC[C@H]1C(=O)N1CCN(C(=O)[C@@H]2CCCN2C)CC1. The van der Waals surface area contributed by atoms with Gasteiger partial charge in [0.1, 0.15) is 0 Å². The lowest BCUT2D eigenvalue weighted by molar-refractivity contribution is -0.144. The minimum Gasteiger partial charge on any atom is -0.373 e. The summed E-state index contributed by atoms with van der Waals surface area (Å²) in [5.74, 6) is 0.280. The second-order valence-corrected chi connectivity index (χ2v) is 7.32. The van der Waals surface area contributed by atoms with Crippen LogP contribution in [0.25, 0.3) is 0 Å². The van der Waals surface area contributed by atoms with E-state index in [0.29, 0.717) is 32.8 Å². The maximum Gasteiger partial charge on any atom is 0.240 e. The Bertz CT molecular complexity index is 514. The van der Waals surface area contributed by atoms with Gasteiger partial charge in [0.05, 0.1) is 18.1 Å². The molecule has 0 N–H and O–H groups in total. The molecule has 0 spiro atoms. The molecule has 0 radical (unpaired) electrons. The summed E-state index contributed by atoms with van der Waals surface area (Å²) in [6.07, 6.45) is 2.66. The van der Waals surface area contributed by atoms with Crippen molar-refractivity contribution in [3.63, 3.8) is 0 Å². The van der Waals surface area contributed by atoms with Crippen LogP contribution in [0.5, 0.6) is 0 Å². The van der Waals surface area contributed by atoms with Gasteiger partial charge >= 0.3 is 0 Å². The molecule has 0 aromatic carbocycles. The normalized spacial score (nSPS) is 31.5. The fraction of sp³-hybridized carbons (Fsp3) is 0.778. The third kappa shape index (κ3) is 3.35. The van der Waals surface area contributed by atoms with Gasteiger partial charge in [-0.25, -0.2) is 0 Å². The van der Waals surface area contributed by atoms with Crippen LogP contribution in [-0.4, -0.2) is 85.0 Å². The summed E-state index contributed by atoms with van der Waals surface area (Å²) in [6, 6.07) is 0.0308. The molecule has 3 rings (SSSR count). The van der Waals surface area contributed by atoms with Gasteiger partial charge in [0.15, 0.2) is 0 Å². The Hall–Kier alpha value is -1.40. The molecule has 0 aliphatic carbocycles. The standard InChI is InChI=1S/C18H29N3O3/c1-13(2)16-14(6-12-24-16)17(22)20-8-10-21(11-9-20)18(23)15-5-4-7-19(15)3/h14-16H,1,4-12H2,2-3H3/t14-,15+,16-/m1/s1. The summed E-state index contributed by atoms with van der Waals surface area (Å²) in [6.45, 7) is 10.0. The summed E-state index contributed by atoms with van der Waals surface area (Å²) in [4.78, 5) is 31.4. The maximum absolute atomic E-state index is 12.8. The van der Waals surface area contributed by atoms with Gasteiger partial charge in [-0.2, -0.15) is 0 Å². The van der Waals surface area contributed by atoms with Gasteiger partial charge < -0.3 is 14.5 Å². The lowest BCUT2D eigenvalue weighted by Crippen LogP contribution is -2.55. The third-order valence-corrected chi connectivity index (χ3v) is 5.60. The smallest absolute Gasteiger partial charge is 0.240 e. The first-order chi connectivity index (χ1) is 11.5. The molecular weight excluding hydrogens is 306 g/mol. The molecule has 0 bridgehead atoms. The molecule has 6 nitrogen and oxygen atoms in total. The van der Waals surface area contributed by atoms with Crippen molar-refractivity contribution in [2.45, 2.75) is 38.3 Å². The number of likely N-dealkylation sites (tertiary alicyclic amines) is 1. The first-order valence-corrected chi connectivity index (χ1v) is 9.04. The van der Waals surface area contributed by atoms with Crippen molar-refractivity contribution >= 4 is 11.8 Å². The lowest BCUT2D eigenvalue weighted by Gasteiger charge is -2.38. The Balaban J connectivity index is 1.54. The van der Waals surface area contributed by atoms with Crippen molar-refractivity contribution in [3.8, 4) is 0 Å². The Labute approximate surface area is 144 Å². The van der Waals surface area contributed by atoms with Crippen molar-refractivity contribution in [2.24, 2.45) is 5.92 Å². The Morgan fingerprint density at radius 2 is 1.62 bits per heavy atom. The van der Waals surface area contributed by atoms with Crippen LogP contribution >= 0.6 is 0 Å². The molecule has 3 heterocycles. The number of rotatable bonds is 3. The minimum atomic E-state index is -0.149. The quantitative estimate of drug-likeness (QED) is 0.714. The van der Waals surface area contributed by atoms with Gasteiger partial charge in [0.2, 0.25) is 11.8 Å². The van der Waals surface area contributed by atoms with Crippen LogP contribution in [-0.2, 0) is 14.3 Å². The molecular formula is C18H29N3O3. The largest absolute Gasteiger partial charge is 0.373 e. The Morgan fingerprint density at radius 3 is 2.17 bits per heavy atom. The van der Waals surface area contributed by atoms with Gasteiger partial charge in [-0.3, -0.25) is 14.5 Å². The number of carbonyl (C=O) groups excluding carboxylic acids is 2. The number of amides is 2. The van der Waals surface area contributed by atoms with E-state index in [1.807, 2.05) is 23.8 Å². The van der Waals surface area contributed by atoms with Crippen LogP contribution in [0.4, 0.5) is 0 Å². The average molecular weight is 335 g/mol. The third-order valence-electron chi connectivity index (χ3n) is 5.60. The van der Waals surface area contributed by atoms with Crippen molar-refractivity contribution in [1.82, 2.24) is 14.7 Å². The van der Waals surface area contributed by atoms with Crippen LogP contribution < -0.4 is 0 Å². The van der Waals surface area contributed by atoms with Gasteiger partial charge in [-0.1, -0.05) is 12.2 Å². The second-order valence-electron chi connectivity index (χ2n) is 7.32. The zero-order valence-corrected chi connectivity index (χ0v) is 14.9. The highest BCUT2D eigenvalue weighted by atomic mass is 16.5. The second kappa shape index (κ2) is 7.23. The molecule has 3 aliphatic rings. The van der Waals surface area contributed by atoms with Gasteiger partial charge in [-0.15, -0.1) is 0 Å². The molecule has 6 heteroatoms. The van der Waals surface area contributed by atoms with Crippen LogP contribution in [0.3, 0.4) is 0 Å². The van der Waals surface area contributed by atoms with Crippen LogP contribution in [0.2, 0.25) is 0 Å². The molecule has 24 heavy (non-hydrogen) atoms. The van der Waals surface area contributed by atoms with Crippen LogP contribution in [0.15, 0.2) is 12.2 Å². The predicted octanol–water partition coefficient (Wildman–Crippen LogP) is 0.733. The fourth-order valence-electron chi connectivity index (χ4n) is 4.14. The highest BCUT2D eigenvalue weighted by molar-refractivity contribution is 5.83. The fourth-order valence-corrected chi connectivity index (χ4v) is 4.14. The number of carbonyl (C=O) groups is 2. The number of ether oxygens (including phenoxy) is 1. The summed E-state index contributed by atoms with van der Waals surface area (Å²) < 4.78 is 5.66. The van der Waals surface area contributed by atoms with Gasteiger partial charge in [-0.05, 0) is 39.8 Å². The first-order valence-electron chi connectivity index (χ1n) is 9.04. The monoisotopic (exact) mass is 335 g/mol. The zero-order valence-electron chi connectivity index (χ0n) is 14.9. The van der Waals surface area contributed by atoms with E-state index in [9.17, 15) is 9.59 Å². The van der Waals surface area contributed by atoms with E-state index in [4.69, 9.17) is 4.74 Å². The number of nitrogens with zero attached hydrogens (tertiary/aromatic N) is 3. The van der Waals surface area contributed by atoms with E-state index in [1.54, 1.807) is 0 Å². The Kier molecular flexibility index (Phi) is 5.25. The number of likely N-dealkylation sites (N-methyl/N-ethyl adjacent to an activating group) is 1. The molecule has 3 saturated heterocycles. The van der Waals surface area contributed by atoms with Crippen LogP contribution in [0, 0.1) is 5.92 Å². The summed E-state index contributed by atoms with van der Waals surface area (Å²) in [5, 5.41) is 0. The maximum atomic E-state index is 12.8. The van der Waals surface area contributed by atoms with E-state index in [2.05, 4.69) is 11.5 Å². The highest BCUT2D eigenvalue weighted by Gasteiger charge is 2.39. The lowest BCUT2D eigenvalue weighted by atomic mass is 9.95. The van der Waals surface area contributed by atoms with Crippen molar-refractivity contribution in [2.75, 3.05) is 46.4 Å².